The van der Waals surface area contributed by atoms with Crippen LogP contribution < -0.4 is 4.57 Å². The molecular weight excluding hydrogens is 404 g/mol. The van der Waals surface area contributed by atoms with Gasteiger partial charge in [-0.05, 0) is 37.8 Å². The van der Waals surface area contributed by atoms with Crippen LogP contribution in [0.4, 0.5) is 5.69 Å². The molecule has 0 radical (unpaired) electrons. The number of anilines is 1. The lowest BCUT2D eigenvalue weighted by Crippen LogP contribution is -2.54. The van der Waals surface area contributed by atoms with Crippen molar-refractivity contribution < 1.29 is 9.22 Å². The van der Waals surface area contributed by atoms with E-state index >= 15 is 0 Å². The number of nitrogens with zero attached hydrogens (tertiary/aromatic N) is 2. The van der Waals surface area contributed by atoms with Crippen molar-refractivity contribution in [3.05, 3.63) is 64.7 Å². The van der Waals surface area contributed by atoms with Gasteiger partial charge in [-0.25, -0.2) is 4.99 Å². The Hall–Kier alpha value is -1.74. The Morgan fingerprint density at radius 2 is 1.64 bits per heavy atom. The van der Waals surface area contributed by atoms with Crippen LogP contribution in [-0.2, 0) is 9.22 Å². The van der Waals surface area contributed by atoms with Gasteiger partial charge >= 0.3 is 0 Å². The summed E-state index contributed by atoms with van der Waals surface area (Å²) in [5.74, 6) is -0.0869. The first-order valence-corrected chi connectivity index (χ1v) is 16.7. The summed E-state index contributed by atoms with van der Waals surface area (Å²) in [5.41, 5.74) is 3.42. The Bertz CT molecular complexity index is 918. The predicted octanol–water partition coefficient (Wildman–Crippen LogP) is 5.54. The van der Waals surface area contributed by atoms with E-state index in [2.05, 4.69) is 39.3 Å². The fourth-order valence-corrected chi connectivity index (χ4v) is 5.98. The second-order valence-corrected chi connectivity index (χ2v) is 18.6. The third-order valence-corrected chi connectivity index (χ3v) is 7.28. The second-order valence-electron chi connectivity index (χ2n) is 8.93. The van der Waals surface area contributed by atoms with Crippen LogP contribution in [0.2, 0.25) is 44.3 Å². The number of halogens is 1. The molecule has 0 N–H and O–H groups in total. The van der Waals surface area contributed by atoms with E-state index < -0.39 is 22.8 Å². The van der Waals surface area contributed by atoms with Crippen molar-refractivity contribution in [3.63, 3.8) is 0 Å². The van der Waals surface area contributed by atoms with Gasteiger partial charge in [0.15, 0.2) is 16.6 Å². The molecule has 0 aromatic heterocycles. The zero-order valence-electron chi connectivity index (χ0n) is 17.3. The molecule has 1 atom stereocenters. The number of carbonyl (C=O) groups is 1. The average molecular weight is 431 g/mol. The van der Waals surface area contributed by atoms with Gasteiger partial charge in [0.1, 0.15) is 0 Å². The summed E-state index contributed by atoms with van der Waals surface area (Å²) in [4.78, 5) is 18.5. The van der Waals surface area contributed by atoms with Crippen LogP contribution in [-0.4, -0.2) is 34.4 Å². The number of benzodiazepines with no additional fused rings is 1. The normalized spacial score (nSPS) is 17.8. The van der Waals surface area contributed by atoms with Gasteiger partial charge in [-0.2, -0.15) is 0 Å². The molecule has 3 rings (SSSR count). The van der Waals surface area contributed by atoms with Crippen LogP contribution >= 0.6 is 11.6 Å². The highest BCUT2D eigenvalue weighted by molar-refractivity contribution is 6.83. The summed E-state index contributed by atoms with van der Waals surface area (Å²) in [7, 11) is -4.07. The zero-order valence-corrected chi connectivity index (χ0v) is 20.0. The summed E-state index contributed by atoms with van der Waals surface area (Å²) in [6.07, 6.45) is -0.847. The largest absolute Gasteiger partial charge is 0.389 e. The standard InChI is InChI=1S/C21H27ClN2O2Si2/c1-27(2,3)24-18-13-12-16(22)14-17(18)19(15-10-8-7-9-11-15)23-20(21(24)25)26-28(4,5)6/h7-14,20H,1-6H3. The Kier molecular flexibility index (Phi) is 5.69. The number of carbonyl (C=O) groups excluding carboxylic acids is 1. The molecule has 0 saturated heterocycles. The molecule has 0 fully saturated rings. The van der Waals surface area contributed by atoms with Crippen molar-refractivity contribution in [2.45, 2.75) is 45.5 Å². The Morgan fingerprint density at radius 3 is 2.21 bits per heavy atom. The van der Waals surface area contributed by atoms with Crippen LogP contribution in [0, 0.1) is 0 Å². The van der Waals surface area contributed by atoms with Crippen molar-refractivity contribution >= 4 is 45.5 Å². The maximum absolute atomic E-state index is 13.6. The van der Waals surface area contributed by atoms with Crippen LogP contribution in [0.15, 0.2) is 53.5 Å². The van der Waals surface area contributed by atoms with Gasteiger partial charge in [0, 0.05) is 21.8 Å². The first kappa shape index (κ1) is 21.0. The van der Waals surface area contributed by atoms with Crippen molar-refractivity contribution in [2.24, 2.45) is 4.99 Å². The van der Waals surface area contributed by atoms with Gasteiger partial charge in [-0.3, -0.25) is 4.79 Å². The molecule has 0 spiro atoms. The number of hydrogen-bond acceptors (Lipinski definition) is 3. The van der Waals surface area contributed by atoms with E-state index in [0.29, 0.717) is 5.02 Å². The van der Waals surface area contributed by atoms with Gasteiger partial charge in [-0.15, -0.1) is 0 Å². The summed E-state index contributed by atoms with van der Waals surface area (Å²) in [5, 5.41) is 0.620. The van der Waals surface area contributed by atoms with Gasteiger partial charge in [0.2, 0.25) is 6.23 Å². The lowest BCUT2D eigenvalue weighted by Gasteiger charge is -2.36. The molecule has 1 aliphatic rings. The third-order valence-electron chi connectivity index (χ3n) is 4.32. The van der Waals surface area contributed by atoms with Crippen molar-refractivity contribution in [2.75, 3.05) is 4.57 Å². The summed E-state index contributed by atoms with van der Waals surface area (Å²) in [6.45, 7) is 12.7. The number of rotatable bonds is 4. The maximum atomic E-state index is 13.6. The molecule has 1 aliphatic heterocycles. The van der Waals surface area contributed by atoms with E-state index in [4.69, 9.17) is 21.0 Å². The molecular formula is C21H27ClN2O2Si2. The Labute approximate surface area is 174 Å². The van der Waals surface area contributed by atoms with Gasteiger partial charge < -0.3 is 8.99 Å². The molecule has 2 aromatic carbocycles. The summed E-state index contributed by atoms with van der Waals surface area (Å²) >= 11 is 6.35. The molecule has 0 saturated carbocycles. The lowest BCUT2D eigenvalue weighted by atomic mass is 10.0. The molecule has 1 heterocycles. The molecule has 2 aromatic rings. The highest BCUT2D eigenvalue weighted by atomic mass is 35.5. The molecule has 1 unspecified atom stereocenters. The maximum Gasteiger partial charge on any atom is 0.270 e. The van der Waals surface area contributed by atoms with E-state index in [0.717, 1.165) is 22.5 Å². The molecule has 0 bridgehead atoms. The number of hydrogen-bond donors (Lipinski definition) is 0. The SMILES string of the molecule is C[Si](C)(C)OC1N=C(c2ccccc2)c2cc(Cl)ccc2N([Si](C)(C)C)C1=O. The molecule has 7 heteroatoms. The minimum Gasteiger partial charge on any atom is -0.389 e. The average Bonchev–Trinajstić information content (AvgIpc) is 2.69. The van der Waals surface area contributed by atoms with Gasteiger partial charge in [0.05, 0.1) is 5.71 Å². The number of aliphatic imine (C=N–C) groups is 1. The van der Waals surface area contributed by atoms with E-state index in [1.807, 2.05) is 53.1 Å². The van der Waals surface area contributed by atoms with E-state index in [1.54, 1.807) is 0 Å². The van der Waals surface area contributed by atoms with Crippen LogP contribution in [0.25, 0.3) is 0 Å². The van der Waals surface area contributed by atoms with E-state index in [1.165, 1.54) is 0 Å². The van der Waals surface area contributed by atoms with Crippen molar-refractivity contribution in [1.29, 1.82) is 0 Å². The first-order chi connectivity index (χ1) is 13.0. The topological polar surface area (TPSA) is 41.9 Å². The van der Waals surface area contributed by atoms with Crippen LogP contribution in [0.1, 0.15) is 11.1 Å². The zero-order chi connectivity index (χ0) is 20.7. The molecule has 0 aliphatic carbocycles. The predicted molar refractivity (Wildman–Crippen MR) is 123 cm³/mol. The molecule has 148 valence electrons. The Balaban J connectivity index is 2.30. The summed E-state index contributed by atoms with van der Waals surface area (Å²) in [6, 6.07) is 15.6. The lowest BCUT2D eigenvalue weighted by molar-refractivity contribution is -0.124. The van der Waals surface area contributed by atoms with Crippen molar-refractivity contribution in [1.82, 2.24) is 0 Å². The second kappa shape index (κ2) is 7.59. The van der Waals surface area contributed by atoms with E-state index in [-0.39, 0.29) is 5.91 Å². The fourth-order valence-electron chi connectivity index (χ4n) is 3.29. The van der Waals surface area contributed by atoms with Gasteiger partial charge in [0.25, 0.3) is 5.91 Å². The van der Waals surface area contributed by atoms with E-state index in [9.17, 15) is 4.79 Å². The fraction of sp³-hybridized carbons (Fsp3) is 0.333. The van der Waals surface area contributed by atoms with Crippen molar-refractivity contribution in [3.8, 4) is 0 Å². The first-order valence-electron chi connectivity index (χ1n) is 9.42. The smallest absolute Gasteiger partial charge is 0.270 e. The highest BCUT2D eigenvalue weighted by Gasteiger charge is 2.40. The Morgan fingerprint density at radius 1 is 1.00 bits per heavy atom. The molecule has 4 nitrogen and oxygen atoms in total. The monoisotopic (exact) mass is 430 g/mol. The highest BCUT2D eigenvalue weighted by Crippen LogP contribution is 2.34. The van der Waals surface area contributed by atoms with Gasteiger partial charge in [-0.1, -0.05) is 61.6 Å². The molecule has 28 heavy (non-hydrogen) atoms. The minimum absolute atomic E-state index is 0.0869. The van der Waals surface area contributed by atoms with Crippen LogP contribution in [0.5, 0.6) is 0 Å². The number of fused-ring (bicyclic) bond motifs is 1. The third kappa shape index (κ3) is 4.46. The molecule has 1 amide bonds. The van der Waals surface area contributed by atoms with Crippen LogP contribution in [0.3, 0.4) is 0 Å². The number of benzene rings is 2. The minimum atomic E-state index is -2.07. The summed E-state index contributed by atoms with van der Waals surface area (Å²) < 4.78 is 8.19. The number of amides is 1. The quantitative estimate of drug-likeness (QED) is 0.597.